The number of rotatable bonds is 5. The highest BCUT2D eigenvalue weighted by molar-refractivity contribution is 5.78. The van der Waals surface area contributed by atoms with Crippen LogP contribution in [0.1, 0.15) is 37.8 Å². The number of hydrogen-bond donors (Lipinski definition) is 2. The Kier molecular flexibility index (Phi) is 4.35. The summed E-state index contributed by atoms with van der Waals surface area (Å²) in [7, 11) is 0. The minimum Gasteiger partial charge on any atom is -0.491 e. The Hall–Kier alpha value is -1.55. The zero-order valence-electron chi connectivity index (χ0n) is 11.4. The minimum atomic E-state index is -1.37. The first kappa shape index (κ1) is 14.5. The number of carboxylic acids is 1. The van der Waals surface area contributed by atoms with Crippen molar-refractivity contribution in [3.63, 3.8) is 0 Å². The number of ether oxygens (including phenoxy) is 1. The Morgan fingerprint density at radius 2 is 2.11 bits per heavy atom. The van der Waals surface area contributed by atoms with Crippen LogP contribution in [0.15, 0.2) is 18.2 Å². The monoisotopic (exact) mass is 251 g/mol. The third kappa shape index (κ3) is 3.47. The number of benzene rings is 1. The zero-order valence-corrected chi connectivity index (χ0v) is 11.4. The third-order valence-corrected chi connectivity index (χ3v) is 2.89. The topological polar surface area (TPSA) is 72.5 Å². The van der Waals surface area contributed by atoms with Crippen LogP contribution >= 0.6 is 0 Å². The van der Waals surface area contributed by atoms with Crippen molar-refractivity contribution in [2.75, 3.05) is 6.61 Å². The van der Waals surface area contributed by atoms with E-state index in [0.717, 1.165) is 5.56 Å². The van der Waals surface area contributed by atoms with Gasteiger partial charge in [0.25, 0.3) is 0 Å². The van der Waals surface area contributed by atoms with Gasteiger partial charge in [-0.3, -0.25) is 4.79 Å². The maximum Gasteiger partial charge on any atom is 0.326 e. The molecule has 100 valence electrons. The molecule has 0 aliphatic carbocycles. The van der Waals surface area contributed by atoms with Gasteiger partial charge in [-0.25, -0.2) is 0 Å². The van der Waals surface area contributed by atoms with E-state index in [-0.39, 0.29) is 6.61 Å². The Morgan fingerprint density at radius 1 is 1.50 bits per heavy atom. The summed E-state index contributed by atoms with van der Waals surface area (Å²) in [6, 6.07) is 5.76. The summed E-state index contributed by atoms with van der Waals surface area (Å²) >= 11 is 0. The fourth-order valence-corrected chi connectivity index (χ4v) is 1.68. The van der Waals surface area contributed by atoms with Gasteiger partial charge in [0, 0.05) is 0 Å². The standard InChI is InChI=1S/C14H21NO3/c1-9(2)12-6-5-11(7-10(12)3)18-8-14(4,15)13(16)17/h5-7,9H,8,15H2,1-4H3,(H,16,17). The molecule has 1 rings (SSSR count). The van der Waals surface area contributed by atoms with Crippen LogP contribution in [-0.4, -0.2) is 23.2 Å². The molecule has 4 heteroatoms. The molecule has 0 heterocycles. The number of aryl methyl sites for hydroxylation is 1. The van der Waals surface area contributed by atoms with E-state index >= 15 is 0 Å². The lowest BCUT2D eigenvalue weighted by molar-refractivity contribution is -0.143. The molecule has 1 aromatic rings. The summed E-state index contributed by atoms with van der Waals surface area (Å²) in [5.74, 6) is 0.0330. The third-order valence-electron chi connectivity index (χ3n) is 2.89. The predicted molar refractivity (Wildman–Crippen MR) is 71.0 cm³/mol. The first-order chi connectivity index (χ1) is 8.24. The van der Waals surface area contributed by atoms with Crippen LogP contribution in [0.5, 0.6) is 5.75 Å². The van der Waals surface area contributed by atoms with E-state index in [1.54, 1.807) is 0 Å². The van der Waals surface area contributed by atoms with Gasteiger partial charge in [0.05, 0.1) is 0 Å². The van der Waals surface area contributed by atoms with Crippen LogP contribution in [-0.2, 0) is 4.79 Å². The Morgan fingerprint density at radius 3 is 2.56 bits per heavy atom. The molecule has 0 aliphatic rings. The highest BCUT2D eigenvalue weighted by atomic mass is 16.5. The van der Waals surface area contributed by atoms with Crippen LogP contribution in [0.4, 0.5) is 0 Å². The largest absolute Gasteiger partial charge is 0.491 e. The molecule has 3 N–H and O–H groups in total. The van der Waals surface area contributed by atoms with Crippen molar-refractivity contribution < 1.29 is 14.6 Å². The van der Waals surface area contributed by atoms with Crippen LogP contribution in [0.25, 0.3) is 0 Å². The molecular weight excluding hydrogens is 230 g/mol. The van der Waals surface area contributed by atoms with Crippen LogP contribution < -0.4 is 10.5 Å². The fraction of sp³-hybridized carbons (Fsp3) is 0.500. The smallest absolute Gasteiger partial charge is 0.326 e. The van der Waals surface area contributed by atoms with Crippen molar-refractivity contribution in [2.24, 2.45) is 5.73 Å². The number of aliphatic carboxylic acids is 1. The molecule has 1 unspecified atom stereocenters. The second kappa shape index (κ2) is 5.40. The maximum atomic E-state index is 10.8. The molecule has 0 aromatic heterocycles. The van der Waals surface area contributed by atoms with Crippen LogP contribution in [0.3, 0.4) is 0 Å². The van der Waals surface area contributed by atoms with E-state index in [0.29, 0.717) is 11.7 Å². The first-order valence-electron chi connectivity index (χ1n) is 5.99. The SMILES string of the molecule is Cc1cc(OCC(C)(N)C(=O)O)ccc1C(C)C. The molecule has 1 aromatic carbocycles. The molecule has 0 saturated carbocycles. The predicted octanol–water partition coefficient (Wildman–Crippen LogP) is 2.30. The van der Waals surface area contributed by atoms with Crippen molar-refractivity contribution >= 4 is 5.97 Å². The average molecular weight is 251 g/mol. The highest BCUT2D eigenvalue weighted by Crippen LogP contribution is 2.23. The number of carboxylic acid groups (broad SMARTS) is 1. The Balaban J connectivity index is 2.76. The van der Waals surface area contributed by atoms with E-state index < -0.39 is 11.5 Å². The summed E-state index contributed by atoms with van der Waals surface area (Å²) in [6.07, 6.45) is 0. The van der Waals surface area contributed by atoms with E-state index in [4.69, 9.17) is 15.6 Å². The summed E-state index contributed by atoms with van der Waals surface area (Å²) in [5.41, 5.74) is 6.62. The van der Waals surface area contributed by atoms with Gasteiger partial charge in [0.1, 0.15) is 17.9 Å². The van der Waals surface area contributed by atoms with Crippen LogP contribution in [0, 0.1) is 6.92 Å². The fourth-order valence-electron chi connectivity index (χ4n) is 1.68. The molecule has 0 fully saturated rings. The molecule has 0 spiro atoms. The van der Waals surface area contributed by atoms with Crippen LogP contribution in [0.2, 0.25) is 0 Å². The molecule has 18 heavy (non-hydrogen) atoms. The number of hydrogen-bond acceptors (Lipinski definition) is 3. The quantitative estimate of drug-likeness (QED) is 0.842. The lowest BCUT2D eigenvalue weighted by Gasteiger charge is -2.20. The molecule has 4 nitrogen and oxygen atoms in total. The molecule has 0 amide bonds. The maximum absolute atomic E-state index is 10.8. The van der Waals surface area contributed by atoms with Crippen molar-refractivity contribution in [3.05, 3.63) is 29.3 Å². The molecule has 0 bridgehead atoms. The average Bonchev–Trinajstić information content (AvgIpc) is 2.25. The summed E-state index contributed by atoms with van der Waals surface area (Å²) in [6.45, 7) is 7.66. The van der Waals surface area contributed by atoms with Gasteiger partial charge in [0.15, 0.2) is 0 Å². The Labute approximate surface area is 108 Å². The molecule has 1 atom stereocenters. The highest BCUT2D eigenvalue weighted by Gasteiger charge is 2.28. The van der Waals surface area contributed by atoms with Gasteiger partial charge >= 0.3 is 5.97 Å². The van der Waals surface area contributed by atoms with Crippen molar-refractivity contribution in [1.29, 1.82) is 0 Å². The second-order valence-electron chi connectivity index (χ2n) is 5.18. The zero-order chi connectivity index (χ0) is 13.9. The number of carbonyl (C=O) groups is 1. The number of nitrogens with two attached hydrogens (primary N) is 1. The van der Waals surface area contributed by atoms with Gasteiger partial charge in [-0.1, -0.05) is 19.9 Å². The normalized spacial score (nSPS) is 14.3. The van der Waals surface area contributed by atoms with E-state index in [2.05, 4.69) is 13.8 Å². The minimum absolute atomic E-state index is 0.0528. The molecular formula is C14H21NO3. The lowest BCUT2D eigenvalue weighted by atomic mass is 9.98. The second-order valence-corrected chi connectivity index (χ2v) is 5.18. The van der Waals surface area contributed by atoms with Crippen molar-refractivity contribution in [1.82, 2.24) is 0 Å². The van der Waals surface area contributed by atoms with E-state index in [9.17, 15) is 4.79 Å². The van der Waals surface area contributed by atoms with E-state index in [1.165, 1.54) is 12.5 Å². The summed E-state index contributed by atoms with van der Waals surface area (Å²) in [5, 5.41) is 8.89. The van der Waals surface area contributed by atoms with Gasteiger partial charge in [-0.05, 0) is 43.0 Å². The molecule has 0 aliphatic heterocycles. The molecule has 0 saturated heterocycles. The molecule has 0 radical (unpaired) electrons. The lowest BCUT2D eigenvalue weighted by Crippen LogP contribution is -2.49. The summed E-state index contributed by atoms with van der Waals surface area (Å²) < 4.78 is 5.44. The van der Waals surface area contributed by atoms with Crippen molar-refractivity contribution in [3.8, 4) is 5.75 Å². The van der Waals surface area contributed by atoms with Gasteiger partial charge in [-0.2, -0.15) is 0 Å². The Bertz CT molecular complexity index is 439. The summed E-state index contributed by atoms with van der Waals surface area (Å²) in [4.78, 5) is 10.8. The first-order valence-corrected chi connectivity index (χ1v) is 5.99. The van der Waals surface area contributed by atoms with Crippen molar-refractivity contribution in [2.45, 2.75) is 39.2 Å². The van der Waals surface area contributed by atoms with E-state index in [1.807, 2.05) is 25.1 Å². The van der Waals surface area contributed by atoms with Gasteiger partial charge in [-0.15, -0.1) is 0 Å². The van der Waals surface area contributed by atoms with Gasteiger partial charge in [0.2, 0.25) is 0 Å². The van der Waals surface area contributed by atoms with Gasteiger partial charge < -0.3 is 15.6 Å².